The predicted molar refractivity (Wildman–Crippen MR) is 62.5 cm³/mol. The van der Waals surface area contributed by atoms with Crippen molar-refractivity contribution in [2.24, 2.45) is 0 Å². The molecule has 0 fully saturated rings. The molecule has 0 aliphatic rings. The van der Waals surface area contributed by atoms with Gasteiger partial charge in [0, 0.05) is 20.6 Å². The van der Waals surface area contributed by atoms with Crippen molar-refractivity contribution in [2.45, 2.75) is 13.0 Å². The Hall–Kier alpha value is -1.39. The first kappa shape index (κ1) is 12.7. The summed E-state index contributed by atoms with van der Waals surface area (Å²) in [4.78, 5) is 11.3. The minimum Gasteiger partial charge on any atom is -0.461 e. The van der Waals surface area contributed by atoms with E-state index in [4.69, 9.17) is 4.74 Å². The minimum absolute atomic E-state index is 0.182. The number of carbonyl (C=O) groups is 1. The van der Waals surface area contributed by atoms with E-state index in [2.05, 4.69) is 5.43 Å². The molecule has 0 amide bonds. The highest BCUT2D eigenvalue weighted by molar-refractivity contribution is 5.69. The van der Waals surface area contributed by atoms with E-state index >= 15 is 0 Å². The number of hydrogen-bond donors (Lipinski definition) is 1. The maximum Gasteiger partial charge on any atom is 0.307 e. The zero-order valence-electron chi connectivity index (χ0n) is 9.77. The monoisotopic (exact) mass is 222 g/mol. The number of rotatable bonds is 6. The van der Waals surface area contributed by atoms with Crippen LogP contribution in [0.4, 0.5) is 0 Å². The van der Waals surface area contributed by atoms with Crippen molar-refractivity contribution < 1.29 is 9.53 Å². The first-order valence-electron chi connectivity index (χ1n) is 5.29. The Morgan fingerprint density at radius 1 is 1.31 bits per heavy atom. The van der Waals surface area contributed by atoms with Gasteiger partial charge in [0.1, 0.15) is 6.61 Å². The highest BCUT2D eigenvalue weighted by Crippen LogP contribution is 2.01. The SMILES string of the molecule is CN(C)NCCC(=O)OCc1ccccc1. The minimum atomic E-state index is -0.182. The average Bonchev–Trinajstić information content (AvgIpc) is 2.27. The van der Waals surface area contributed by atoms with Gasteiger partial charge in [-0.05, 0) is 5.56 Å². The Labute approximate surface area is 96.2 Å². The molecule has 1 N–H and O–H groups in total. The lowest BCUT2D eigenvalue weighted by Gasteiger charge is -2.11. The number of hydrogen-bond acceptors (Lipinski definition) is 4. The number of nitrogens with one attached hydrogen (secondary N) is 1. The summed E-state index contributed by atoms with van der Waals surface area (Å²) >= 11 is 0. The molecule has 0 unspecified atom stereocenters. The first-order valence-corrected chi connectivity index (χ1v) is 5.29. The maximum atomic E-state index is 11.3. The molecule has 0 radical (unpaired) electrons. The van der Waals surface area contributed by atoms with E-state index < -0.39 is 0 Å². The first-order chi connectivity index (χ1) is 7.68. The van der Waals surface area contributed by atoms with Gasteiger partial charge < -0.3 is 4.74 Å². The largest absolute Gasteiger partial charge is 0.461 e. The van der Waals surface area contributed by atoms with Crippen LogP contribution in [-0.2, 0) is 16.1 Å². The lowest BCUT2D eigenvalue weighted by Crippen LogP contribution is -2.32. The summed E-state index contributed by atoms with van der Waals surface area (Å²) in [6.07, 6.45) is 0.380. The van der Waals surface area contributed by atoms with Gasteiger partial charge in [0.05, 0.1) is 6.42 Å². The number of esters is 1. The van der Waals surface area contributed by atoms with E-state index in [1.807, 2.05) is 49.4 Å². The number of carbonyl (C=O) groups excluding carboxylic acids is 1. The Kier molecular flexibility index (Phi) is 5.53. The van der Waals surface area contributed by atoms with Gasteiger partial charge in [0.15, 0.2) is 0 Å². The number of hydrazine groups is 1. The third-order valence-corrected chi connectivity index (χ3v) is 2.00. The molecular formula is C12H18N2O2. The summed E-state index contributed by atoms with van der Waals surface area (Å²) in [6.45, 7) is 0.947. The van der Waals surface area contributed by atoms with Crippen LogP contribution in [0.25, 0.3) is 0 Å². The average molecular weight is 222 g/mol. The third kappa shape index (κ3) is 5.48. The maximum absolute atomic E-state index is 11.3. The molecule has 0 spiro atoms. The van der Waals surface area contributed by atoms with Crippen molar-refractivity contribution in [3.05, 3.63) is 35.9 Å². The fourth-order valence-electron chi connectivity index (χ4n) is 1.19. The number of ether oxygens (including phenoxy) is 1. The quantitative estimate of drug-likeness (QED) is 0.580. The molecule has 4 heteroatoms. The molecule has 1 aromatic carbocycles. The van der Waals surface area contributed by atoms with Gasteiger partial charge in [-0.25, -0.2) is 0 Å². The van der Waals surface area contributed by atoms with Crippen LogP contribution >= 0.6 is 0 Å². The Morgan fingerprint density at radius 2 is 2.00 bits per heavy atom. The van der Waals surface area contributed by atoms with Gasteiger partial charge in [-0.1, -0.05) is 30.3 Å². The van der Waals surface area contributed by atoms with Crippen LogP contribution in [0.15, 0.2) is 30.3 Å². The molecule has 0 aliphatic carbocycles. The van der Waals surface area contributed by atoms with Crippen LogP contribution in [0, 0.1) is 0 Å². The van der Waals surface area contributed by atoms with Crippen molar-refractivity contribution in [1.29, 1.82) is 0 Å². The Morgan fingerprint density at radius 3 is 2.62 bits per heavy atom. The van der Waals surface area contributed by atoms with Gasteiger partial charge in [-0.15, -0.1) is 0 Å². The highest BCUT2D eigenvalue weighted by Gasteiger charge is 2.02. The molecule has 0 bridgehead atoms. The standard InChI is InChI=1S/C12H18N2O2/c1-14(2)13-9-8-12(15)16-10-11-6-4-3-5-7-11/h3-7,13H,8-10H2,1-2H3. The smallest absolute Gasteiger partial charge is 0.307 e. The van der Waals surface area contributed by atoms with E-state index in [0.717, 1.165) is 5.56 Å². The number of nitrogens with zero attached hydrogens (tertiary/aromatic N) is 1. The molecule has 0 atom stereocenters. The summed E-state index contributed by atoms with van der Waals surface area (Å²) in [5.41, 5.74) is 4.02. The summed E-state index contributed by atoms with van der Waals surface area (Å²) in [5.74, 6) is -0.182. The van der Waals surface area contributed by atoms with E-state index in [0.29, 0.717) is 19.6 Å². The molecule has 0 heterocycles. The van der Waals surface area contributed by atoms with Crippen molar-refractivity contribution >= 4 is 5.97 Å². The summed E-state index contributed by atoms with van der Waals surface area (Å²) < 4.78 is 5.11. The fraction of sp³-hybridized carbons (Fsp3) is 0.417. The van der Waals surface area contributed by atoms with Crippen LogP contribution in [0.5, 0.6) is 0 Å². The molecule has 0 aliphatic heterocycles. The van der Waals surface area contributed by atoms with Crippen LogP contribution in [0.3, 0.4) is 0 Å². The van der Waals surface area contributed by atoms with Crippen LogP contribution in [0.2, 0.25) is 0 Å². The van der Waals surface area contributed by atoms with Crippen molar-refractivity contribution in [3.8, 4) is 0 Å². The summed E-state index contributed by atoms with van der Waals surface area (Å²) in [5, 5.41) is 1.81. The summed E-state index contributed by atoms with van der Waals surface area (Å²) in [7, 11) is 3.77. The van der Waals surface area contributed by atoms with Crippen LogP contribution in [0.1, 0.15) is 12.0 Å². The number of benzene rings is 1. The van der Waals surface area contributed by atoms with Crippen molar-refractivity contribution in [2.75, 3.05) is 20.6 Å². The predicted octanol–water partition coefficient (Wildman–Crippen LogP) is 1.19. The van der Waals surface area contributed by atoms with Crippen molar-refractivity contribution in [1.82, 2.24) is 10.4 Å². The highest BCUT2D eigenvalue weighted by atomic mass is 16.5. The molecule has 16 heavy (non-hydrogen) atoms. The molecule has 1 aromatic rings. The van der Waals surface area contributed by atoms with E-state index in [9.17, 15) is 4.79 Å². The Balaban J connectivity index is 2.16. The second-order valence-electron chi connectivity index (χ2n) is 3.70. The van der Waals surface area contributed by atoms with E-state index in [-0.39, 0.29) is 5.97 Å². The fourth-order valence-corrected chi connectivity index (χ4v) is 1.19. The summed E-state index contributed by atoms with van der Waals surface area (Å²) in [6, 6.07) is 9.66. The van der Waals surface area contributed by atoms with Gasteiger partial charge in [0.25, 0.3) is 0 Å². The van der Waals surface area contributed by atoms with Gasteiger partial charge in [0.2, 0.25) is 0 Å². The van der Waals surface area contributed by atoms with Crippen LogP contribution in [-0.4, -0.2) is 31.6 Å². The second-order valence-corrected chi connectivity index (χ2v) is 3.70. The normalized spacial score (nSPS) is 10.4. The van der Waals surface area contributed by atoms with E-state index in [1.165, 1.54) is 0 Å². The second kappa shape index (κ2) is 6.98. The van der Waals surface area contributed by atoms with Crippen molar-refractivity contribution in [3.63, 3.8) is 0 Å². The lowest BCUT2D eigenvalue weighted by molar-refractivity contribution is -0.145. The van der Waals surface area contributed by atoms with Gasteiger partial charge in [-0.3, -0.25) is 15.2 Å². The molecular weight excluding hydrogens is 204 g/mol. The molecule has 88 valence electrons. The molecule has 0 saturated carbocycles. The molecule has 0 saturated heterocycles. The Bertz CT molecular complexity index is 312. The van der Waals surface area contributed by atoms with Crippen LogP contribution < -0.4 is 5.43 Å². The molecule has 4 nitrogen and oxygen atoms in total. The van der Waals surface area contributed by atoms with E-state index in [1.54, 1.807) is 0 Å². The van der Waals surface area contributed by atoms with Gasteiger partial charge >= 0.3 is 5.97 Å². The molecule has 1 rings (SSSR count). The lowest BCUT2D eigenvalue weighted by atomic mass is 10.2. The molecule has 0 aromatic heterocycles. The zero-order valence-corrected chi connectivity index (χ0v) is 9.77. The topological polar surface area (TPSA) is 41.6 Å². The van der Waals surface area contributed by atoms with Gasteiger partial charge in [-0.2, -0.15) is 0 Å². The zero-order chi connectivity index (χ0) is 11.8. The third-order valence-electron chi connectivity index (χ3n) is 2.00.